The number of aromatic nitrogens is 5. The minimum atomic E-state index is -0.777. The van der Waals surface area contributed by atoms with Gasteiger partial charge in [0.05, 0.1) is 6.20 Å². The first-order valence-corrected chi connectivity index (χ1v) is 6.23. The third-order valence-corrected chi connectivity index (χ3v) is 2.76. The highest BCUT2D eigenvalue weighted by Crippen LogP contribution is 2.21. The van der Waals surface area contributed by atoms with E-state index >= 15 is 0 Å². The van der Waals surface area contributed by atoms with Gasteiger partial charge in [0.25, 0.3) is 0 Å². The van der Waals surface area contributed by atoms with E-state index in [0.29, 0.717) is 5.82 Å². The highest BCUT2D eigenvalue weighted by molar-refractivity contribution is 5.16. The summed E-state index contributed by atoms with van der Waals surface area (Å²) in [6, 6.07) is 0.169. The van der Waals surface area contributed by atoms with E-state index in [9.17, 15) is 5.11 Å². The topological polar surface area (TPSA) is 68.8 Å². The van der Waals surface area contributed by atoms with Crippen LogP contribution in [-0.4, -0.2) is 29.7 Å². The summed E-state index contributed by atoms with van der Waals surface area (Å²) in [4.78, 5) is 4.13. The van der Waals surface area contributed by atoms with Crippen LogP contribution in [-0.2, 0) is 6.54 Å². The summed E-state index contributed by atoms with van der Waals surface area (Å²) in [6.45, 7) is 6.95. The Morgan fingerprint density at radius 1 is 1.33 bits per heavy atom. The summed E-state index contributed by atoms with van der Waals surface area (Å²) in [6.07, 6.45) is 5.24. The SMILES string of the molecule is CCCn1cc(C(O)c2ncnn2C(C)C)cn1. The summed E-state index contributed by atoms with van der Waals surface area (Å²) >= 11 is 0. The van der Waals surface area contributed by atoms with E-state index in [0.717, 1.165) is 18.5 Å². The Balaban J connectivity index is 2.24. The fraction of sp³-hybridized carbons (Fsp3) is 0.583. The first-order valence-electron chi connectivity index (χ1n) is 6.23. The molecule has 2 heterocycles. The van der Waals surface area contributed by atoms with Crippen molar-refractivity contribution in [3.8, 4) is 0 Å². The Hall–Kier alpha value is -1.69. The van der Waals surface area contributed by atoms with Crippen LogP contribution in [0.1, 0.15) is 50.7 Å². The summed E-state index contributed by atoms with van der Waals surface area (Å²) in [5.41, 5.74) is 0.748. The third kappa shape index (κ3) is 2.43. The molecule has 0 radical (unpaired) electrons. The molecule has 98 valence electrons. The Kier molecular flexibility index (Phi) is 3.76. The molecule has 0 aliphatic rings. The normalized spacial score (nSPS) is 13.2. The fourth-order valence-corrected chi connectivity index (χ4v) is 1.87. The minimum Gasteiger partial charge on any atom is -0.380 e. The van der Waals surface area contributed by atoms with E-state index in [1.165, 1.54) is 6.33 Å². The van der Waals surface area contributed by atoms with E-state index in [4.69, 9.17) is 0 Å². The molecule has 1 unspecified atom stereocenters. The lowest BCUT2D eigenvalue weighted by Gasteiger charge is -2.12. The second kappa shape index (κ2) is 5.30. The number of hydrogen-bond acceptors (Lipinski definition) is 4. The molecule has 0 amide bonds. The summed E-state index contributed by atoms with van der Waals surface area (Å²) in [7, 11) is 0. The lowest BCUT2D eigenvalue weighted by atomic mass is 10.2. The second-order valence-electron chi connectivity index (χ2n) is 4.60. The van der Waals surface area contributed by atoms with E-state index < -0.39 is 6.10 Å². The largest absolute Gasteiger partial charge is 0.380 e. The molecule has 2 aromatic heterocycles. The lowest BCUT2D eigenvalue weighted by molar-refractivity contribution is 0.199. The highest BCUT2D eigenvalue weighted by atomic mass is 16.3. The first kappa shape index (κ1) is 12.8. The molecule has 0 saturated heterocycles. The number of rotatable bonds is 5. The van der Waals surface area contributed by atoms with Crippen LogP contribution in [0.5, 0.6) is 0 Å². The maximum atomic E-state index is 10.3. The average Bonchev–Trinajstić information content (AvgIpc) is 2.96. The van der Waals surface area contributed by atoms with E-state index in [-0.39, 0.29) is 6.04 Å². The maximum Gasteiger partial charge on any atom is 0.160 e. The van der Waals surface area contributed by atoms with Gasteiger partial charge in [0.15, 0.2) is 5.82 Å². The van der Waals surface area contributed by atoms with Crippen LogP contribution in [0.4, 0.5) is 0 Å². The van der Waals surface area contributed by atoms with Crippen molar-refractivity contribution in [1.82, 2.24) is 24.5 Å². The maximum absolute atomic E-state index is 10.3. The van der Waals surface area contributed by atoms with Crippen LogP contribution in [0.15, 0.2) is 18.7 Å². The number of aliphatic hydroxyl groups excluding tert-OH is 1. The van der Waals surface area contributed by atoms with Crippen molar-refractivity contribution in [1.29, 1.82) is 0 Å². The first-order chi connectivity index (χ1) is 8.63. The highest BCUT2D eigenvalue weighted by Gasteiger charge is 2.19. The van der Waals surface area contributed by atoms with Gasteiger partial charge in [-0.25, -0.2) is 9.67 Å². The van der Waals surface area contributed by atoms with Gasteiger partial charge in [-0.3, -0.25) is 4.68 Å². The Bertz CT molecular complexity index is 502. The molecule has 6 heteroatoms. The van der Waals surface area contributed by atoms with Gasteiger partial charge in [0.2, 0.25) is 0 Å². The predicted molar refractivity (Wildman–Crippen MR) is 67.0 cm³/mol. The van der Waals surface area contributed by atoms with Crippen LogP contribution >= 0.6 is 0 Å². The van der Waals surface area contributed by atoms with Gasteiger partial charge in [-0.15, -0.1) is 0 Å². The van der Waals surface area contributed by atoms with Crippen LogP contribution in [0.25, 0.3) is 0 Å². The van der Waals surface area contributed by atoms with Gasteiger partial charge in [-0.05, 0) is 20.3 Å². The molecule has 0 spiro atoms. The molecule has 18 heavy (non-hydrogen) atoms. The molecule has 2 aromatic rings. The van der Waals surface area contributed by atoms with Gasteiger partial charge in [0.1, 0.15) is 12.4 Å². The van der Waals surface area contributed by atoms with Crippen molar-refractivity contribution in [3.05, 3.63) is 30.1 Å². The van der Waals surface area contributed by atoms with Gasteiger partial charge in [-0.2, -0.15) is 10.2 Å². The van der Waals surface area contributed by atoms with E-state index in [1.54, 1.807) is 10.9 Å². The van der Waals surface area contributed by atoms with Crippen molar-refractivity contribution in [3.63, 3.8) is 0 Å². The molecule has 2 rings (SSSR count). The van der Waals surface area contributed by atoms with Crippen LogP contribution in [0, 0.1) is 0 Å². The van der Waals surface area contributed by atoms with Gasteiger partial charge in [-0.1, -0.05) is 6.92 Å². The summed E-state index contributed by atoms with van der Waals surface area (Å²) in [5.74, 6) is 0.557. The molecule has 0 saturated carbocycles. The van der Waals surface area contributed by atoms with Gasteiger partial charge >= 0.3 is 0 Å². The van der Waals surface area contributed by atoms with Crippen LogP contribution < -0.4 is 0 Å². The van der Waals surface area contributed by atoms with Crippen molar-refractivity contribution in [2.75, 3.05) is 0 Å². The number of nitrogens with zero attached hydrogens (tertiary/aromatic N) is 5. The minimum absolute atomic E-state index is 0.169. The lowest BCUT2D eigenvalue weighted by Crippen LogP contribution is -2.12. The molecular formula is C12H19N5O. The molecule has 1 atom stereocenters. The van der Waals surface area contributed by atoms with E-state index in [2.05, 4.69) is 22.1 Å². The zero-order valence-electron chi connectivity index (χ0n) is 11.0. The Morgan fingerprint density at radius 2 is 2.11 bits per heavy atom. The fourth-order valence-electron chi connectivity index (χ4n) is 1.87. The van der Waals surface area contributed by atoms with Crippen LogP contribution in [0.2, 0.25) is 0 Å². The predicted octanol–water partition coefficient (Wildman–Crippen LogP) is 1.55. The van der Waals surface area contributed by atoms with Crippen molar-refractivity contribution < 1.29 is 5.11 Å². The van der Waals surface area contributed by atoms with Gasteiger partial charge < -0.3 is 5.11 Å². The standard InChI is InChI=1S/C12H19N5O/c1-4-5-16-7-10(6-14-16)11(18)12-13-8-15-17(12)9(2)3/h6-9,11,18H,4-5H2,1-3H3. The molecule has 0 aromatic carbocycles. The monoisotopic (exact) mass is 249 g/mol. The van der Waals surface area contributed by atoms with Crippen LogP contribution in [0.3, 0.4) is 0 Å². The zero-order valence-corrected chi connectivity index (χ0v) is 11.0. The number of aliphatic hydroxyl groups is 1. The number of hydrogen-bond donors (Lipinski definition) is 1. The molecule has 6 nitrogen and oxygen atoms in total. The smallest absolute Gasteiger partial charge is 0.160 e. The van der Waals surface area contributed by atoms with Crippen molar-refractivity contribution in [2.24, 2.45) is 0 Å². The molecular weight excluding hydrogens is 230 g/mol. The molecule has 0 bridgehead atoms. The van der Waals surface area contributed by atoms with Gasteiger partial charge in [0, 0.05) is 24.3 Å². The molecule has 0 fully saturated rings. The molecule has 0 aliphatic carbocycles. The van der Waals surface area contributed by atoms with Crippen molar-refractivity contribution >= 4 is 0 Å². The Morgan fingerprint density at radius 3 is 2.78 bits per heavy atom. The second-order valence-corrected chi connectivity index (χ2v) is 4.60. The van der Waals surface area contributed by atoms with Crippen molar-refractivity contribution in [2.45, 2.75) is 45.9 Å². The quantitative estimate of drug-likeness (QED) is 0.872. The third-order valence-electron chi connectivity index (χ3n) is 2.76. The molecule has 0 aliphatic heterocycles. The average molecular weight is 249 g/mol. The zero-order chi connectivity index (χ0) is 13.1. The Labute approximate surface area is 106 Å². The van der Waals surface area contributed by atoms with E-state index in [1.807, 2.05) is 24.7 Å². The number of aryl methyl sites for hydroxylation is 1. The summed E-state index contributed by atoms with van der Waals surface area (Å²) < 4.78 is 3.55. The molecule has 1 N–H and O–H groups in total. The summed E-state index contributed by atoms with van der Waals surface area (Å²) in [5, 5.41) is 18.6.